The molecule has 9 heteroatoms. The number of hydrogen-bond donors (Lipinski definition) is 1. The first-order chi connectivity index (χ1) is 22.1. The Kier molecular flexibility index (Phi) is 7.13. The molecule has 1 heterocycles. The van der Waals surface area contributed by atoms with Gasteiger partial charge in [-0.1, -0.05) is 53.6 Å². The number of benzene rings is 3. The molecule has 230 valence electrons. The molecular weight excluding hydrogens is 606 g/mol. The molecule has 1 aliphatic heterocycles. The molecule has 46 heavy (non-hydrogen) atoms. The van der Waals surface area contributed by atoms with Crippen molar-refractivity contribution in [2.24, 2.45) is 17.8 Å². The molecule has 0 radical (unpaired) electrons. The number of ether oxygens (including phenoxy) is 1. The van der Waals surface area contributed by atoms with Crippen LogP contribution in [0.3, 0.4) is 0 Å². The molecular formula is C37H28ClNO7. The lowest BCUT2D eigenvalue weighted by atomic mass is 9.59. The number of allylic oxidation sites excluding steroid dienone is 6. The highest BCUT2D eigenvalue weighted by atomic mass is 35.5. The van der Waals surface area contributed by atoms with Gasteiger partial charge in [-0.3, -0.25) is 28.9 Å². The van der Waals surface area contributed by atoms with Crippen molar-refractivity contribution in [3.8, 4) is 11.5 Å². The number of carbonyl (C=O) groups excluding carboxylic acids is 5. The molecule has 3 aromatic rings. The van der Waals surface area contributed by atoms with Crippen LogP contribution < -0.4 is 9.64 Å². The van der Waals surface area contributed by atoms with Gasteiger partial charge in [0.05, 0.1) is 29.7 Å². The SMILES string of the molecule is COc1cc([C@H]2C3=CC[C@@H]4C(=O)N(c5ccc(C(=O)c6ccccc6)cc5)C(=O)[C@@H]4[C@@H]3CC3=C2C(=O)C=C(C)C3=O)cc(Cl)c1O. The van der Waals surface area contributed by atoms with Crippen LogP contribution in [0.15, 0.2) is 101 Å². The van der Waals surface area contributed by atoms with E-state index >= 15 is 0 Å². The van der Waals surface area contributed by atoms with Crippen molar-refractivity contribution in [3.63, 3.8) is 0 Å². The molecule has 8 nitrogen and oxygen atoms in total. The Labute approximate surface area is 269 Å². The number of hydrogen-bond acceptors (Lipinski definition) is 7. The number of halogens is 1. The van der Waals surface area contributed by atoms with Crippen LogP contribution in [-0.2, 0) is 19.2 Å². The van der Waals surface area contributed by atoms with Crippen LogP contribution in [0.5, 0.6) is 11.5 Å². The third-order valence-corrected chi connectivity index (χ3v) is 9.88. The number of phenols is 1. The molecule has 2 amide bonds. The highest BCUT2D eigenvalue weighted by Gasteiger charge is 2.56. The van der Waals surface area contributed by atoms with E-state index in [1.165, 1.54) is 18.1 Å². The number of carbonyl (C=O) groups is 5. The lowest BCUT2D eigenvalue weighted by molar-refractivity contribution is -0.123. The fraction of sp³-hybridized carbons (Fsp3) is 0.216. The van der Waals surface area contributed by atoms with Crippen molar-refractivity contribution in [1.82, 2.24) is 0 Å². The number of ketones is 3. The Morgan fingerprint density at radius 1 is 0.935 bits per heavy atom. The second-order valence-corrected chi connectivity index (χ2v) is 12.4. The molecule has 4 aliphatic rings. The molecule has 3 aromatic carbocycles. The van der Waals surface area contributed by atoms with Crippen molar-refractivity contribution < 1.29 is 33.8 Å². The van der Waals surface area contributed by atoms with E-state index in [1.807, 2.05) is 12.1 Å². The average Bonchev–Trinajstić information content (AvgIpc) is 3.33. The summed E-state index contributed by atoms with van der Waals surface area (Å²) in [6, 6.07) is 18.4. The first-order valence-corrected chi connectivity index (χ1v) is 15.3. The van der Waals surface area contributed by atoms with Gasteiger partial charge in [0.2, 0.25) is 11.8 Å². The molecule has 0 unspecified atom stereocenters. The van der Waals surface area contributed by atoms with Gasteiger partial charge in [0.25, 0.3) is 0 Å². The summed E-state index contributed by atoms with van der Waals surface area (Å²) in [5, 5.41) is 10.4. The van der Waals surface area contributed by atoms with Gasteiger partial charge in [0.15, 0.2) is 28.8 Å². The van der Waals surface area contributed by atoms with Crippen LogP contribution in [0.2, 0.25) is 5.02 Å². The number of nitrogens with zero attached hydrogens (tertiary/aromatic N) is 1. The highest BCUT2D eigenvalue weighted by Crippen LogP contribution is 2.56. The maximum atomic E-state index is 14.2. The number of fused-ring (bicyclic) bond motifs is 3. The van der Waals surface area contributed by atoms with E-state index < -0.39 is 29.6 Å². The highest BCUT2D eigenvalue weighted by molar-refractivity contribution is 6.32. The molecule has 1 fully saturated rings. The number of rotatable bonds is 5. The molecule has 1 saturated heterocycles. The summed E-state index contributed by atoms with van der Waals surface area (Å²) in [5.41, 5.74) is 3.55. The summed E-state index contributed by atoms with van der Waals surface area (Å²) in [5.74, 6) is -4.32. The number of phenolic OH excluding ortho intramolecular Hbond substituents is 1. The summed E-state index contributed by atoms with van der Waals surface area (Å²) < 4.78 is 5.35. The lowest BCUT2D eigenvalue weighted by Crippen LogP contribution is -2.39. The van der Waals surface area contributed by atoms with Crippen LogP contribution in [0.25, 0.3) is 0 Å². The maximum Gasteiger partial charge on any atom is 0.238 e. The summed E-state index contributed by atoms with van der Waals surface area (Å²) in [4.78, 5) is 69.2. The molecule has 0 saturated carbocycles. The van der Waals surface area contributed by atoms with Crippen molar-refractivity contribution in [1.29, 1.82) is 0 Å². The normalized spacial score (nSPS) is 23.8. The maximum absolute atomic E-state index is 14.2. The van der Waals surface area contributed by atoms with E-state index in [4.69, 9.17) is 16.3 Å². The average molecular weight is 634 g/mol. The largest absolute Gasteiger partial charge is 0.503 e. The fourth-order valence-electron chi connectivity index (χ4n) is 7.45. The quantitative estimate of drug-likeness (QED) is 0.160. The van der Waals surface area contributed by atoms with Gasteiger partial charge < -0.3 is 9.84 Å². The van der Waals surface area contributed by atoms with E-state index in [0.29, 0.717) is 39.1 Å². The first kappa shape index (κ1) is 29.6. The minimum absolute atomic E-state index is 0.0155. The third-order valence-electron chi connectivity index (χ3n) is 9.59. The van der Waals surface area contributed by atoms with E-state index in [2.05, 4.69) is 0 Å². The van der Waals surface area contributed by atoms with Gasteiger partial charge in [0.1, 0.15) is 0 Å². The predicted octanol–water partition coefficient (Wildman–Crippen LogP) is 5.92. The summed E-state index contributed by atoms with van der Waals surface area (Å²) >= 11 is 6.38. The summed E-state index contributed by atoms with van der Waals surface area (Å²) in [7, 11) is 1.39. The minimum Gasteiger partial charge on any atom is -0.503 e. The summed E-state index contributed by atoms with van der Waals surface area (Å²) in [6.45, 7) is 1.59. The van der Waals surface area contributed by atoms with E-state index in [-0.39, 0.29) is 52.6 Å². The number of anilines is 1. The first-order valence-electron chi connectivity index (χ1n) is 14.9. The van der Waals surface area contributed by atoms with Crippen LogP contribution >= 0.6 is 11.6 Å². The monoisotopic (exact) mass is 633 g/mol. The van der Waals surface area contributed by atoms with E-state index in [0.717, 1.165) is 5.57 Å². The molecule has 4 atom stereocenters. The van der Waals surface area contributed by atoms with Gasteiger partial charge in [-0.05, 0) is 73.7 Å². The molecule has 7 rings (SSSR count). The van der Waals surface area contributed by atoms with Crippen molar-refractivity contribution in [2.75, 3.05) is 12.0 Å². The zero-order valence-electron chi connectivity index (χ0n) is 25.0. The minimum atomic E-state index is -0.765. The Morgan fingerprint density at radius 2 is 1.63 bits per heavy atom. The van der Waals surface area contributed by atoms with E-state index in [9.17, 15) is 29.1 Å². The topological polar surface area (TPSA) is 118 Å². The standard InChI is InChI=1S/C37H28ClNO7/c1-18-14-28(40)32-26(33(18)41)17-25-23(30(32)21-15-27(38)35(43)29(16-21)46-2)12-13-24-31(25)37(45)39(36(24)44)22-10-8-20(9-11-22)34(42)19-6-4-3-5-7-19/h3-12,14-16,24-25,30-31,43H,13,17H2,1-2H3/t24-,25+,30-,31-/m0/s1. The van der Waals surface area contributed by atoms with Crippen LogP contribution in [0.1, 0.15) is 47.2 Å². The van der Waals surface area contributed by atoms with Gasteiger partial charge in [-0.2, -0.15) is 0 Å². The smallest absolute Gasteiger partial charge is 0.238 e. The number of amides is 2. The molecule has 3 aliphatic carbocycles. The predicted molar refractivity (Wildman–Crippen MR) is 170 cm³/mol. The molecule has 0 aromatic heterocycles. The van der Waals surface area contributed by atoms with Crippen molar-refractivity contribution >= 4 is 46.5 Å². The second kappa shape index (κ2) is 11.1. The van der Waals surface area contributed by atoms with Crippen LogP contribution in [0.4, 0.5) is 5.69 Å². The Balaban J connectivity index is 1.28. The van der Waals surface area contributed by atoms with Crippen LogP contribution in [0, 0.1) is 17.8 Å². The van der Waals surface area contributed by atoms with E-state index in [1.54, 1.807) is 67.6 Å². The number of methoxy groups -OCH3 is 1. The summed E-state index contributed by atoms with van der Waals surface area (Å²) in [6.07, 6.45) is 3.64. The Hall–Kier alpha value is -5.08. The van der Waals surface area contributed by atoms with Gasteiger partial charge in [-0.15, -0.1) is 0 Å². The zero-order valence-corrected chi connectivity index (χ0v) is 25.7. The molecule has 0 bridgehead atoms. The third kappa shape index (κ3) is 4.47. The second-order valence-electron chi connectivity index (χ2n) is 12.0. The van der Waals surface area contributed by atoms with Crippen molar-refractivity contribution in [3.05, 3.63) is 123 Å². The molecule has 1 N–H and O–H groups in total. The number of imide groups is 1. The Morgan fingerprint density at radius 3 is 2.33 bits per heavy atom. The van der Waals surface area contributed by atoms with Gasteiger partial charge >= 0.3 is 0 Å². The Bertz CT molecular complexity index is 1970. The van der Waals surface area contributed by atoms with Gasteiger partial charge in [-0.25, -0.2) is 0 Å². The van der Waals surface area contributed by atoms with Crippen molar-refractivity contribution in [2.45, 2.75) is 25.7 Å². The molecule has 0 spiro atoms. The fourth-order valence-corrected chi connectivity index (χ4v) is 7.67. The number of aromatic hydroxyl groups is 1. The number of Topliss-reactive ketones (excluding diaryl/α,β-unsaturated/α-hetero) is 1. The van der Waals surface area contributed by atoms with Gasteiger partial charge in [0, 0.05) is 33.8 Å². The lowest BCUT2D eigenvalue weighted by Gasteiger charge is -2.42. The van der Waals surface area contributed by atoms with Crippen LogP contribution in [-0.4, -0.2) is 41.4 Å². The zero-order chi connectivity index (χ0) is 32.4.